The maximum Gasteiger partial charge on any atom is 0.141 e. The summed E-state index contributed by atoms with van der Waals surface area (Å²) in [5.41, 5.74) is 7.99. The summed E-state index contributed by atoms with van der Waals surface area (Å²) in [6.45, 7) is 0. The van der Waals surface area contributed by atoms with E-state index in [9.17, 15) is 4.39 Å². The smallest absolute Gasteiger partial charge is 0.141 e. The Hall–Kier alpha value is -1.10. The lowest BCUT2D eigenvalue weighted by Crippen LogP contribution is -2.13. The first-order valence-electron chi connectivity index (χ1n) is 6.04. The fraction of sp³-hybridized carbons (Fsp3) is 0.200. The van der Waals surface area contributed by atoms with Crippen LogP contribution in [0.25, 0.3) is 0 Å². The molecule has 5 heteroatoms. The van der Waals surface area contributed by atoms with E-state index in [1.165, 1.54) is 6.07 Å². The molecule has 0 aliphatic carbocycles. The van der Waals surface area contributed by atoms with E-state index in [4.69, 9.17) is 22.1 Å². The van der Waals surface area contributed by atoms with Crippen LogP contribution in [0.2, 0.25) is 5.02 Å². The van der Waals surface area contributed by atoms with Crippen molar-refractivity contribution < 1.29 is 9.13 Å². The second kappa shape index (κ2) is 6.57. The van der Waals surface area contributed by atoms with Crippen molar-refractivity contribution in [2.24, 2.45) is 5.73 Å². The third-order valence-electron chi connectivity index (χ3n) is 3.06. The summed E-state index contributed by atoms with van der Waals surface area (Å²) < 4.78 is 19.3. The summed E-state index contributed by atoms with van der Waals surface area (Å²) in [5, 5.41) is 0.0858. The largest absolute Gasteiger partial charge is 0.497 e. The Labute approximate surface area is 130 Å². The predicted molar refractivity (Wildman–Crippen MR) is 82.7 cm³/mol. The zero-order valence-electron chi connectivity index (χ0n) is 10.9. The van der Waals surface area contributed by atoms with Crippen molar-refractivity contribution >= 4 is 27.5 Å². The van der Waals surface area contributed by atoms with Crippen LogP contribution in [0.15, 0.2) is 40.9 Å². The zero-order valence-corrected chi connectivity index (χ0v) is 13.2. The molecule has 0 aliphatic rings. The fourth-order valence-electron chi connectivity index (χ4n) is 1.93. The first kappa shape index (κ1) is 15.3. The van der Waals surface area contributed by atoms with Crippen molar-refractivity contribution in [2.75, 3.05) is 7.11 Å². The summed E-state index contributed by atoms with van der Waals surface area (Å²) in [6, 6.07) is 9.99. The molecular weight excluding hydrogens is 345 g/mol. The number of benzene rings is 2. The van der Waals surface area contributed by atoms with Crippen molar-refractivity contribution in [3.05, 3.63) is 62.8 Å². The molecule has 2 rings (SSSR count). The average Bonchev–Trinajstić information content (AvgIpc) is 2.44. The van der Waals surface area contributed by atoms with Crippen LogP contribution >= 0.6 is 27.5 Å². The number of nitrogens with two attached hydrogens (primary N) is 1. The lowest BCUT2D eigenvalue weighted by molar-refractivity contribution is 0.414. The van der Waals surface area contributed by atoms with Crippen molar-refractivity contribution in [2.45, 2.75) is 12.5 Å². The van der Waals surface area contributed by atoms with Gasteiger partial charge in [-0.3, -0.25) is 0 Å². The standard InChI is InChI=1S/C15H14BrClFNO/c1-20-11-3-4-12(16)10(6-11)8-15(19)9-2-5-14(18)13(17)7-9/h2-7,15H,8,19H2,1H3. The Morgan fingerprint density at radius 3 is 2.70 bits per heavy atom. The lowest BCUT2D eigenvalue weighted by Gasteiger charge is -2.14. The molecule has 0 aliphatic heterocycles. The summed E-state index contributed by atoms with van der Waals surface area (Å²) >= 11 is 9.27. The highest BCUT2D eigenvalue weighted by atomic mass is 79.9. The average molecular weight is 359 g/mol. The molecule has 1 atom stereocenters. The van der Waals surface area contributed by atoms with Crippen LogP contribution in [0.4, 0.5) is 4.39 Å². The van der Waals surface area contributed by atoms with E-state index in [0.717, 1.165) is 21.3 Å². The molecular formula is C15H14BrClFNO. The van der Waals surface area contributed by atoms with Gasteiger partial charge >= 0.3 is 0 Å². The van der Waals surface area contributed by atoms with Crippen LogP contribution in [0.1, 0.15) is 17.2 Å². The van der Waals surface area contributed by atoms with E-state index >= 15 is 0 Å². The topological polar surface area (TPSA) is 35.2 Å². The minimum atomic E-state index is -0.440. The van der Waals surface area contributed by atoms with Crippen molar-refractivity contribution in [1.29, 1.82) is 0 Å². The van der Waals surface area contributed by atoms with Crippen molar-refractivity contribution in [3.8, 4) is 5.75 Å². The van der Waals surface area contributed by atoms with E-state index in [-0.39, 0.29) is 11.1 Å². The van der Waals surface area contributed by atoms with Gasteiger partial charge in [0.15, 0.2) is 0 Å². The molecule has 0 heterocycles. The van der Waals surface area contributed by atoms with E-state index in [1.54, 1.807) is 19.2 Å². The highest BCUT2D eigenvalue weighted by Crippen LogP contribution is 2.27. The van der Waals surface area contributed by atoms with Gasteiger partial charge in [0.2, 0.25) is 0 Å². The van der Waals surface area contributed by atoms with Crippen LogP contribution in [0.3, 0.4) is 0 Å². The van der Waals surface area contributed by atoms with Crippen molar-refractivity contribution in [1.82, 2.24) is 0 Å². The van der Waals surface area contributed by atoms with Crippen LogP contribution in [0, 0.1) is 5.82 Å². The van der Waals surface area contributed by atoms with Gasteiger partial charge in [0.1, 0.15) is 11.6 Å². The van der Waals surface area contributed by atoms with Crippen LogP contribution < -0.4 is 10.5 Å². The first-order valence-corrected chi connectivity index (χ1v) is 7.21. The molecule has 0 fully saturated rings. The zero-order chi connectivity index (χ0) is 14.7. The molecule has 20 heavy (non-hydrogen) atoms. The number of hydrogen-bond acceptors (Lipinski definition) is 2. The molecule has 2 aromatic carbocycles. The monoisotopic (exact) mass is 357 g/mol. The Balaban J connectivity index is 2.22. The van der Waals surface area contributed by atoms with Gasteiger partial charge in [-0.25, -0.2) is 4.39 Å². The fourth-order valence-corrected chi connectivity index (χ4v) is 2.53. The predicted octanol–water partition coefficient (Wildman–Crippen LogP) is 4.49. The number of methoxy groups -OCH3 is 1. The molecule has 1 unspecified atom stereocenters. The van der Waals surface area contributed by atoms with E-state index < -0.39 is 5.82 Å². The van der Waals surface area contributed by atoms with Gasteiger partial charge in [-0.2, -0.15) is 0 Å². The van der Waals surface area contributed by atoms with Gasteiger partial charge in [-0.1, -0.05) is 33.6 Å². The number of ether oxygens (including phenoxy) is 1. The maximum absolute atomic E-state index is 13.2. The second-order valence-corrected chi connectivity index (χ2v) is 5.70. The van der Waals surface area contributed by atoms with E-state index in [0.29, 0.717) is 6.42 Å². The molecule has 2 nitrogen and oxygen atoms in total. The van der Waals surface area contributed by atoms with Crippen LogP contribution in [-0.4, -0.2) is 7.11 Å². The van der Waals surface area contributed by atoms with Gasteiger partial charge in [-0.05, 0) is 47.9 Å². The molecule has 0 radical (unpaired) electrons. The summed E-state index contributed by atoms with van der Waals surface area (Å²) in [5.74, 6) is 0.331. The third-order valence-corrected chi connectivity index (χ3v) is 4.13. The highest BCUT2D eigenvalue weighted by molar-refractivity contribution is 9.10. The Morgan fingerprint density at radius 2 is 2.05 bits per heavy atom. The third kappa shape index (κ3) is 3.51. The van der Waals surface area contributed by atoms with E-state index in [1.807, 2.05) is 18.2 Å². The lowest BCUT2D eigenvalue weighted by atomic mass is 9.99. The molecule has 2 N–H and O–H groups in total. The van der Waals surface area contributed by atoms with Gasteiger partial charge in [-0.15, -0.1) is 0 Å². The molecule has 0 bridgehead atoms. The molecule has 0 saturated heterocycles. The molecule has 0 spiro atoms. The van der Waals surface area contributed by atoms with Gasteiger partial charge in [0.25, 0.3) is 0 Å². The highest BCUT2D eigenvalue weighted by Gasteiger charge is 2.12. The quantitative estimate of drug-likeness (QED) is 0.874. The molecule has 2 aromatic rings. The number of rotatable bonds is 4. The molecule has 0 aromatic heterocycles. The van der Waals surface area contributed by atoms with Crippen LogP contribution in [0.5, 0.6) is 5.75 Å². The summed E-state index contributed by atoms with van der Waals surface area (Å²) in [7, 11) is 1.62. The number of hydrogen-bond donors (Lipinski definition) is 1. The second-order valence-electron chi connectivity index (χ2n) is 4.44. The van der Waals surface area contributed by atoms with E-state index in [2.05, 4.69) is 15.9 Å². The Morgan fingerprint density at radius 1 is 1.30 bits per heavy atom. The summed E-state index contributed by atoms with van der Waals surface area (Å²) in [6.07, 6.45) is 0.597. The van der Waals surface area contributed by atoms with Gasteiger partial charge in [0.05, 0.1) is 12.1 Å². The van der Waals surface area contributed by atoms with Crippen molar-refractivity contribution in [3.63, 3.8) is 0 Å². The minimum Gasteiger partial charge on any atom is -0.497 e. The van der Waals surface area contributed by atoms with Crippen LogP contribution in [-0.2, 0) is 6.42 Å². The first-order chi connectivity index (χ1) is 9.51. The normalized spacial score (nSPS) is 12.2. The molecule has 106 valence electrons. The SMILES string of the molecule is COc1ccc(Br)c(CC(N)c2ccc(F)c(Cl)c2)c1. The minimum absolute atomic E-state index is 0.0858. The Bertz CT molecular complexity index is 621. The molecule has 0 amide bonds. The maximum atomic E-state index is 13.2. The van der Waals surface area contributed by atoms with Gasteiger partial charge in [0, 0.05) is 10.5 Å². The summed E-state index contributed by atoms with van der Waals surface area (Å²) in [4.78, 5) is 0. The van der Waals surface area contributed by atoms with Gasteiger partial charge < -0.3 is 10.5 Å². The molecule has 0 saturated carbocycles. The Kier molecular flexibility index (Phi) is 5.02. The number of halogens is 3.